The van der Waals surface area contributed by atoms with Crippen molar-refractivity contribution in [1.82, 2.24) is 24.6 Å². The number of amides is 2. The van der Waals surface area contributed by atoms with E-state index in [0.717, 1.165) is 32.2 Å². The van der Waals surface area contributed by atoms with Crippen LogP contribution in [0.2, 0.25) is 0 Å². The second-order valence-electron chi connectivity index (χ2n) is 6.62. The molecule has 10 nitrogen and oxygen atoms in total. The molecule has 0 aromatic carbocycles. The number of ether oxygens (including phenoxy) is 1. The average Bonchev–Trinajstić information content (AvgIpc) is 3.32. The fourth-order valence-electron chi connectivity index (χ4n) is 3.90. The number of carboxylic acid groups (broad SMARTS) is 1. The van der Waals surface area contributed by atoms with Gasteiger partial charge in [0.1, 0.15) is 18.2 Å². The topological polar surface area (TPSA) is 118 Å². The van der Waals surface area contributed by atoms with E-state index < -0.39 is 5.54 Å². The SMILES string of the molecule is COCCN1CCCC2(CCCN2C(=O)CCn2cnnc2)C1=O.O=CO. The first kappa shape index (κ1) is 20.8. The molecule has 2 saturated heterocycles. The number of carbonyl (C=O) groups is 3. The van der Waals surface area contributed by atoms with Crippen LogP contribution in [0.4, 0.5) is 0 Å². The number of aryl methyl sites for hydroxylation is 1. The van der Waals surface area contributed by atoms with Crippen molar-refractivity contribution < 1.29 is 24.2 Å². The van der Waals surface area contributed by atoms with Crippen LogP contribution in [0.25, 0.3) is 0 Å². The van der Waals surface area contributed by atoms with E-state index in [4.69, 9.17) is 14.6 Å². The fraction of sp³-hybridized carbons (Fsp3) is 0.706. The lowest BCUT2D eigenvalue weighted by Crippen LogP contribution is -2.61. The van der Waals surface area contributed by atoms with Crippen molar-refractivity contribution in [2.24, 2.45) is 0 Å². The van der Waals surface area contributed by atoms with Crippen LogP contribution < -0.4 is 0 Å². The molecule has 1 aromatic heterocycles. The number of carbonyl (C=O) groups excluding carboxylic acids is 2. The molecule has 2 aliphatic heterocycles. The summed E-state index contributed by atoms with van der Waals surface area (Å²) in [7, 11) is 1.64. The Kier molecular flexibility index (Phi) is 7.71. The maximum Gasteiger partial charge on any atom is 0.290 e. The lowest BCUT2D eigenvalue weighted by atomic mass is 9.85. The first-order chi connectivity index (χ1) is 13.1. The third kappa shape index (κ3) is 4.82. The van der Waals surface area contributed by atoms with Crippen LogP contribution in [-0.2, 0) is 25.7 Å². The highest BCUT2D eigenvalue weighted by molar-refractivity contribution is 5.92. The Morgan fingerprint density at radius 1 is 1.26 bits per heavy atom. The minimum absolute atomic E-state index is 0.0446. The second-order valence-corrected chi connectivity index (χ2v) is 6.62. The molecule has 1 spiro atoms. The van der Waals surface area contributed by atoms with E-state index in [1.165, 1.54) is 0 Å². The summed E-state index contributed by atoms with van der Waals surface area (Å²) in [6.07, 6.45) is 6.94. The Labute approximate surface area is 158 Å². The van der Waals surface area contributed by atoms with Gasteiger partial charge in [0, 0.05) is 39.7 Å². The molecular formula is C17H27N5O5. The van der Waals surface area contributed by atoms with Crippen molar-refractivity contribution >= 4 is 18.3 Å². The smallest absolute Gasteiger partial charge is 0.290 e. The molecule has 0 bridgehead atoms. The van der Waals surface area contributed by atoms with E-state index in [2.05, 4.69) is 10.2 Å². The molecule has 1 unspecified atom stereocenters. The van der Waals surface area contributed by atoms with Gasteiger partial charge in [-0.2, -0.15) is 0 Å². The van der Waals surface area contributed by atoms with Gasteiger partial charge in [0.25, 0.3) is 6.47 Å². The summed E-state index contributed by atoms with van der Waals surface area (Å²) < 4.78 is 6.90. The third-order valence-corrected chi connectivity index (χ3v) is 5.11. The van der Waals surface area contributed by atoms with E-state index in [-0.39, 0.29) is 18.3 Å². The van der Waals surface area contributed by atoms with Gasteiger partial charge in [-0.15, -0.1) is 10.2 Å². The first-order valence-electron chi connectivity index (χ1n) is 9.08. The van der Waals surface area contributed by atoms with Crippen molar-refractivity contribution in [3.8, 4) is 0 Å². The van der Waals surface area contributed by atoms with E-state index >= 15 is 0 Å². The van der Waals surface area contributed by atoms with Crippen molar-refractivity contribution in [2.45, 2.75) is 44.2 Å². The molecule has 0 radical (unpaired) electrons. The Morgan fingerprint density at radius 3 is 2.52 bits per heavy atom. The number of piperidine rings is 1. The largest absolute Gasteiger partial charge is 0.483 e. The average molecular weight is 381 g/mol. The Hall–Kier alpha value is -2.49. The van der Waals surface area contributed by atoms with Gasteiger partial charge < -0.3 is 24.2 Å². The van der Waals surface area contributed by atoms with Crippen LogP contribution in [0.5, 0.6) is 0 Å². The molecule has 150 valence electrons. The normalized spacial score (nSPS) is 21.9. The number of aromatic nitrogens is 3. The van der Waals surface area contributed by atoms with Gasteiger partial charge >= 0.3 is 0 Å². The number of hydrogen-bond acceptors (Lipinski definition) is 6. The van der Waals surface area contributed by atoms with Gasteiger partial charge in [-0.05, 0) is 25.7 Å². The molecule has 3 heterocycles. The minimum atomic E-state index is -0.629. The zero-order chi connectivity index (χ0) is 19.7. The molecule has 3 rings (SSSR count). The predicted octanol–water partition coefficient (Wildman–Crippen LogP) is -0.001000. The van der Waals surface area contributed by atoms with Gasteiger partial charge in [0.2, 0.25) is 11.8 Å². The van der Waals surface area contributed by atoms with Crippen LogP contribution in [0, 0.1) is 0 Å². The highest BCUT2D eigenvalue weighted by Crippen LogP contribution is 2.38. The molecule has 10 heteroatoms. The summed E-state index contributed by atoms with van der Waals surface area (Å²) in [5.74, 6) is 0.143. The number of likely N-dealkylation sites (tertiary alicyclic amines) is 2. The molecule has 0 saturated carbocycles. The summed E-state index contributed by atoms with van der Waals surface area (Å²) in [5.41, 5.74) is -0.629. The summed E-state index contributed by atoms with van der Waals surface area (Å²) in [4.78, 5) is 37.9. The van der Waals surface area contributed by atoms with Crippen LogP contribution >= 0.6 is 0 Å². The molecule has 2 amide bonds. The van der Waals surface area contributed by atoms with Gasteiger partial charge in [0.05, 0.1) is 6.61 Å². The number of methoxy groups -OCH3 is 1. The molecular weight excluding hydrogens is 354 g/mol. The molecule has 27 heavy (non-hydrogen) atoms. The maximum absolute atomic E-state index is 13.1. The lowest BCUT2D eigenvalue weighted by molar-refractivity contribution is -0.155. The first-order valence-corrected chi connectivity index (χ1v) is 9.08. The second kappa shape index (κ2) is 10.0. The minimum Gasteiger partial charge on any atom is -0.483 e. The standard InChI is InChI=1S/C16H25N5O3.CH2O2/c1-24-11-10-20-7-2-5-16(15(20)23)6-3-8-21(16)14(22)4-9-19-12-17-18-13-19;2-1-3/h12-13H,2-11H2,1H3;1H,(H,2,3). The molecule has 1 N–H and O–H groups in total. The quantitative estimate of drug-likeness (QED) is 0.689. The fourth-order valence-corrected chi connectivity index (χ4v) is 3.90. The molecule has 0 aliphatic carbocycles. The highest BCUT2D eigenvalue weighted by Gasteiger charge is 2.52. The van der Waals surface area contributed by atoms with Crippen molar-refractivity contribution in [2.75, 3.05) is 33.4 Å². The summed E-state index contributed by atoms with van der Waals surface area (Å²) >= 11 is 0. The van der Waals surface area contributed by atoms with Gasteiger partial charge in [-0.25, -0.2) is 0 Å². The Bertz CT molecular complexity index is 623. The maximum atomic E-state index is 13.1. The Balaban J connectivity index is 0.000000817. The molecule has 2 fully saturated rings. The number of rotatable bonds is 6. The van der Waals surface area contributed by atoms with Gasteiger partial charge in [-0.1, -0.05) is 0 Å². The predicted molar refractivity (Wildman–Crippen MR) is 94.7 cm³/mol. The highest BCUT2D eigenvalue weighted by atomic mass is 16.5. The summed E-state index contributed by atoms with van der Waals surface area (Å²) in [6, 6.07) is 0. The van der Waals surface area contributed by atoms with E-state index in [1.807, 2.05) is 9.80 Å². The molecule has 1 atom stereocenters. The molecule has 2 aliphatic rings. The lowest BCUT2D eigenvalue weighted by Gasteiger charge is -2.44. The number of nitrogens with zero attached hydrogens (tertiary/aromatic N) is 5. The van der Waals surface area contributed by atoms with Crippen molar-refractivity contribution in [3.05, 3.63) is 12.7 Å². The van der Waals surface area contributed by atoms with E-state index in [9.17, 15) is 9.59 Å². The van der Waals surface area contributed by atoms with Crippen LogP contribution in [-0.4, -0.2) is 86.8 Å². The van der Waals surface area contributed by atoms with Crippen LogP contribution in [0.1, 0.15) is 32.1 Å². The monoisotopic (exact) mass is 381 g/mol. The van der Waals surface area contributed by atoms with Gasteiger partial charge in [-0.3, -0.25) is 14.4 Å². The summed E-state index contributed by atoms with van der Waals surface area (Å²) in [5, 5.41) is 14.4. The molecule has 1 aromatic rings. The van der Waals surface area contributed by atoms with Crippen LogP contribution in [0.3, 0.4) is 0 Å². The van der Waals surface area contributed by atoms with E-state index in [1.54, 1.807) is 24.3 Å². The van der Waals surface area contributed by atoms with Crippen LogP contribution in [0.15, 0.2) is 12.7 Å². The van der Waals surface area contributed by atoms with E-state index in [0.29, 0.717) is 32.7 Å². The summed E-state index contributed by atoms with van der Waals surface area (Å²) in [6.45, 7) is 2.85. The van der Waals surface area contributed by atoms with Crippen molar-refractivity contribution in [3.63, 3.8) is 0 Å². The zero-order valence-electron chi connectivity index (χ0n) is 15.6. The number of hydrogen-bond donors (Lipinski definition) is 1. The Morgan fingerprint density at radius 2 is 1.89 bits per heavy atom. The van der Waals surface area contributed by atoms with Gasteiger partial charge in [0.15, 0.2) is 0 Å². The zero-order valence-corrected chi connectivity index (χ0v) is 15.6. The third-order valence-electron chi connectivity index (χ3n) is 5.11. The van der Waals surface area contributed by atoms with Crippen molar-refractivity contribution in [1.29, 1.82) is 0 Å².